The number of phenolic OH excluding ortho intramolecular Hbond substituents is 1. The van der Waals surface area contributed by atoms with E-state index in [1.165, 1.54) is 42.5 Å². The third-order valence-corrected chi connectivity index (χ3v) is 10.7. The van der Waals surface area contributed by atoms with Gasteiger partial charge in [-0.1, -0.05) is 24.6 Å². The fourth-order valence-corrected chi connectivity index (χ4v) is 7.58. The number of unbranched alkanes of at least 4 members (excludes halogenated alkanes) is 2. The molecule has 0 radical (unpaired) electrons. The second-order valence-electron chi connectivity index (χ2n) is 14.2. The number of aliphatic carboxylic acids is 4. The number of carboxylic acids is 5. The van der Waals surface area contributed by atoms with Gasteiger partial charge in [0.15, 0.2) is 11.8 Å². The molecule has 1 aliphatic heterocycles. The van der Waals surface area contributed by atoms with Gasteiger partial charge in [0.05, 0.1) is 18.6 Å². The first kappa shape index (κ1) is 48.7. The Labute approximate surface area is 356 Å². The van der Waals surface area contributed by atoms with Gasteiger partial charge in [-0.05, 0) is 49.1 Å². The average molecular weight is 903 g/mol. The van der Waals surface area contributed by atoms with E-state index < -0.39 is 111 Å². The Morgan fingerprint density at radius 3 is 2.10 bits per heavy atom. The van der Waals surface area contributed by atoms with Crippen molar-refractivity contribution in [2.24, 2.45) is 5.92 Å². The largest absolute Gasteiger partial charge is 0.508 e. The predicted molar refractivity (Wildman–Crippen MR) is 211 cm³/mol. The highest BCUT2D eigenvalue weighted by molar-refractivity contribution is 7.50. The molecular formula is C39H43N4O19P. The van der Waals surface area contributed by atoms with Crippen LogP contribution in [0.2, 0.25) is 0 Å². The number of phenols is 1. The van der Waals surface area contributed by atoms with E-state index in [0.717, 1.165) is 0 Å². The first-order valence-corrected chi connectivity index (χ1v) is 20.6. The zero-order valence-electron chi connectivity index (χ0n) is 32.9. The van der Waals surface area contributed by atoms with Crippen molar-refractivity contribution in [1.29, 1.82) is 0 Å². The van der Waals surface area contributed by atoms with Crippen molar-refractivity contribution < 1.29 is 92.5 Å². The second kappa shape index (κ2) is 21.7. The highest BCUT2D eigenvalue weighted by atomic mass is 31.2. The summed E-state index contributed by atoms with van der Waals surface area (Å²) in [6.07, 6.45) is 2.86. The molecule has 0 saturated heterocycles. The van der Waals surface area contributed by atoms with Crippen LogP contribution in [-0.4, -0.2) is 120 Å². The number of ketones is 1. The Kier molecular flexibility index (Phi) is 16.8. The Hall–Kier alpha value is -6.94. The van der Waals surface area contributed by atoms with Crippen LogP contribution in [0.15, 0.2) is 60.4 Å². The maximum atomic E-state index is 13.0. The van der Waals surface area contributed by atoms with Crippen molar-refractivity contribution in [2.75, 3.05) is 13.2 Å². The number of amides is 3. The highest BCUT2D eigenvalue weighted by Gasteiger charge is 2.39. The molecule has 4 unspecified atom stereocenters. The molecule has 1 aliphatic carbocycles. The van der Waals surface area contributed by atoms with Crippen molar-refractivity contribution in [3.8, 4) is 11.5 Å². The van der Waals surface area contributed by atoms with Crippen LogP contribution in [0.4, 0.5) is 0 Å². The van der Waals surface area contributed by atoms with Gasteiger partial charge in [-0.25, -0.2) is 24.0 Å². The zero-order chi connectivity index (χ0) is 46.6. The minimum absolute atomic E-state index is 0.0489. The first-order chi connectivity index (χ1) is 29.6. The zero-order valence-corrected chi connectivity index (χ0v) is 33.8. The molecule has 0 saturated carbocycles. The number of rotatable bonds is 24. The summed E-state index contributed by atoms with van der Waals surface area (Å²) in [6, 6.07) is 2.94. The first-order valence-electron chi connectivity index (χ1n) is 19.0. The van der Waals surface area contributed by atoms with Gasteiger partial charge in [-0.15, -0.1) is 0 Å². The van der Waals surface area contributed by atoms with Crippen molar-refractivity contribution in [1.82, 2.24) is 21.0 Å². The smallest absolute Gasteiger partial charge is 0.403 e. The molecule has 0 fully saturated rings. The fraction of sp³-hybridized carbons (Fsp3) is 0.359. The third kappa shape index (κ3) is 14.0. The summed E-state index contributed by atoms with van der Waals surface area (Å²) >= 11 is 0. The molecular weight excluding hydrogens is 859 g/mol. The topological polar surface area (TPSA) is 379 Å². The molecule has 0 bridgehead atoms. The number of aromatic carboxylic acids is 1. The molecule has 24 heteroatoms. The average Bonchev–Trinajstić information content (AvgIpc) is 3.20. The molecule has 0 spiro atoms. The van der Waals surface area contributed by atoms with E-state index in [9.17, 15) is 73.0 Å². The van der Waals surface area contributed by atoms with E-state index in [4.69, 9.17) is 14.9 Å². The molecule has 11 N–H and O–H groups in total. The van der Waals surface area contributed by atoms with Crippen LogP contribution >= 0.6 is 7.75 Å². The molecule has 2 aromatic rings. The number of hydrogen-bond donors (Lipinski definition) is 11. The number of carbonyl (C=O) groups excluding carboxylic acids is 4. The van der Waals surface area contributed by atoms with Gasteiger partial charge < -0.3 is 56.2 Å². The third-order valence-electron chi connectivity index (χ3n) is 9.59. The molecule has 6 atom stereocenters. The Morgan fingerprint density at radius 2 is 1.44 bits per heavy atom. The fourth-order valence-electron chi connectivity index (χ4n) is 6.56. The van der Waals surface area contributed by atoms with Crippen molar-refractivity contribution >= 4 is 61.1 Å². The standard InChI is InChI=1S/C39H43N4O19P/c44-20-6-9-23-29(15-20)62-30-16-21(45)7-10-24(30)34(23)22-8-5-19(14-25(22)36(51)52)35(50)40-13-3-1-2-4-31(46)41-26(37(53)54)11-12-32(47)42-28(39(57)58)18-61-63(59,60)43-27(38(55)56)17-33(48)49/h5-10,14-16,23,26-28,34,45H,1-4,11-13,17-18H2,(H,40,50)(H,41,46)(H,42,47)(H,48,49)(H,51,52)(H,53,54)(H,55,56)(H,57,58)(H2,43,59,60)/t23?,26-,27?,28-,34?/m0/s1. The van der Waals surface area contributed by atoms with Gasteiger partial charge in [0.1, 0.15) is 29.3 Å². The van der Waals surface area contributed by atoms with Gasteiger partial charge in [0, 0.05) is 54.5 Å². The number of fused-ring (bicyclic) bond motifs is 2. The maximum Gasteiger partial charge on any atom is 0.403 e. The van der Waals surface area contributed by atoms with Gasteiger partial charge in [0.2, 0.25) is 11.8 Å². The van der Waals surface area contributed by atoms with Crippen molar-refractivity contribution in [3.63, 3.8) is 0 Å². The minimum Gasteiger partial charge on any atom is -0.508 e. The van der Waals surface area contributed by atoms with Gasteiger partial charge in [-0.3, -0.25) is 33.3 Å². The minimum atomic E-state index is -5.10. The lowest BCUT2D eigenvalue weighted by Crippen LogP contribution is -2.46. The Bertz CT molecular complexity index is 2280. The van der Waals surface area contributed by atoms with Crippen LogP contribution in [0.3, 0.4) is 0 Å². The molecule has 23 nitrogen and oxygen atoms in total. The Balaban J connectivity index is 1.23. The lowest BCUT2D eigenvalue weighted by atomic mass is 9.74. The van der Waals surface area contributed by atoms with Crippen molar-refractivity contribution in [3.05, 3.63) is 82.6 Å². The van der Waals surface area contributed by atoms with Crippen LogP contribution in [0, 0.1) is 5.92 Å². The van der Waals surface area contributed by atoms with Crippen LogP contribution in [0.1, 0.15) is 82.7 Å². The van der Waals surface area contributed by atoms with Gasteiger partial charge in [0.25, 0.3) is 5.91 Å². The number of carboxylic acid groups (broad SMARTS) is 5. The van der Waals surface area contributed by atoms with E-state index in [0.29, 0.717) is 24.0 Å². The summed E-state index contributed by atoms with van der Waals surface area (Å²) in [5.41, 5.74) is 0.782. The van der Waals surface area contributed by atoms with E-state index in [2.05, 4.69) is 15.2 Å². The number of benzene rings is 2. The summed E-state index contributed by atoms with van der Waals surface area (Å²) in [5, 5.41) is 65.4. The number of aromatic hydroxyl groups is 1. The number of carbonyl (C=O) groups is 9. The van der Waals surface area contributed by atoms with Gasteiger partial charge >= 0.3 is 37.6 Å². The summed E-state index contributed by atoms with van der Waals surface area (Å²) in [7, 11) is -5.10. The van der Waals surface area contributed by atoms with E-state index in [-0.39, 0.29) is 53.6 Å². The normalized spacial score (nSPS) is 17.5. The van der Waals surface area contributed by atoms with Crippen LogP contribution in [0.25, 0.3) is 0 Å². The SMILES string of the molecule is O=C1C=CC2C(=C1)Oc1cc(O)ccc1C2c1ccc(C(=O)NCCCCCC(=O)N[C@@H](CCC(=O)N[C@@H](COP(=O)(O)NC(CC(=O)O)C(=O)O)C(=O)O)C(=O)O)cc1C(=O)O. The quantitative estimate of drug-likeness (QED) is 0.0519. The lowest BCUT2D eigenvalue weighted by Gasteiger charge is -2.35. The molecule has 4 rings (SSSR count). The van der Waals surface area contributed by atoms with E-state index >= 15 is 0 Å². The predicted octanol–water partition coefficient (Wildman–Crippen LogP) is 1.10. The lowest BCUT2D eigenvalue weighted by molar-refractivity contribution is -0.145. The number of nitrogens with one attached hydrogen (secondary N) is 4. The number of ether oxygens (including phenoxy) is 1. The molecule has 3 amide bonds. The van der Waals surface area contributed by atoms with Crippen LogP contribution in [-0.2, 0) is 42.7 Å². The molecule has 0 aromatic heterocycles. The number of allylic oxidation sites excluding steroid dienone is 3. The number of hydrogen-bond acceptors (Lipinski definition) is 13. The summed E-state index contributed by atoms with van der Waals surface area (Å²) < 4.78 is 22.6. The van der Waals surface area contributed by atoms with Gasteiger partial charge in [-0.2, -0.15) is 0 Å². The molecule has 338 valence electrons. The summed E-state index contributed by atoms with van der Waals surface area (Å²) in [6.45, 7) is -1.06. The van der Waals surface area contributed by atoms with E-state index in [1.54, 1.807) is 17.2 Å². The second-order valence-corrected chi connectivity index (χ2v) is 15.8. The Morgan fingerprint density at radius 1 is 0.794 bits per heavy atom. The summed E-state index contributed by atoms with van der Waals surface area (Å²) in [4.78, 5) is 118. The molecule has 63 heavy (non-hydrogen) atoms. The van der Waals surface area contributed by atoms with E-state index in [1.807, 2.05) is 5.32 Å². The molecule has 1 heterocycles. The van der Waals surface area contributed by atoms with Crippen molar-refractivity contribution in [2.45, 2.75) is 69.0 Å². The maximum absolute atomic E-state index is 13.0. The highest BCUT2D eigenvalue weighted by Crippen LogP contribution is 2.49. The van der Waals surface area contributed by atoms with Crippen LogP contribution in [0.5, 0.6) is 11.5 Å². The summed E-state index contributed by atoms with van der Waals surface area (Å²) in [5.74, 6) is -11.5. The molecule has 2 aliphatic rings. The monoisotopic (exact) mass is 902 g/mol. The molecule has 2 aromatic carbocycles. The van der Waals surface area contributed by atoms with Crippen LogP contribution < -0.4 is 25.8 Å².